The maximum absolute atomic E-state index is 12.8. The second-order valence-electron chi connectivity index (χ2n) is 13.9. The standard InChI is InChI=1S/C38H74N3O10P/c1-7-10-12-14-15-16-17-19-21-23-35(43)50-34(22-20-18-13-11-8-2)24-29-46-31-33(41-37(45)51-38(4,5)6)32-49-52(47-28-9-3)48-30-26-40-36(44)39-25-27-42/h9,33-34,42H,3,7-8,10-32H2,1-2,4-6H3,(H,41,45)(H2,39,40,44)/t33-,34-,52?/m1/s1. The van der Waals surface area contributed by atoms with Gasteiger partial charge < -0.3 is 48.8 Å². The van der Waals surface area contributed by atoms with Gasteiger partial charge in [-0.25, -0.2) is 9.59 Å². The van der Waals surface area contributed by atoms with Gasteiger partial charge in [0.05, 0.1) is 45.7 Å². The minimum absolute atomic E-state index is 0.00108. The fourth-order valence-electron chi connectivity index (χ4n) is 5.00. The second-order valence-corrected chi connectivity index (χ2v) is 15.2. The maximum Gasteiger partial charge on any atom is 0.408 e. The van der Waals surface area contributed by atoms with Crippen molar-refractivity contribution < 1.29 is 47.3 Å². The van der Waals surface area contributed by atoms with Crippen LogP contribution in [0.3, 0.4) is 0 Å². The highest BCUT2D eigenvalue weighted by atomic mass is 31.2. The summed E-state index contributed by atoms with van der Waals surface area (Å²) < 4.78 is 34.6. The molecule has 1 unspecified atom stereocenters. The molecule has 3 atom stereocenters. The molecule has 0 aromatic carbocycles. The van der Waals surface area contributed by atoms with E-state index < -0.39 is 32.4 Å². The Bertz CT molecular complexity index is 894. The molecule has 0 radical (unpaired) electrons. The van der Waals surface area contributed by atoms with Gasteiger partial charge in [0.15, 0.2) is 0 Å². The summed E-state index contributed by atoms with van der Waals surface area (Å²) in [6.45, 7) is 14.3. The SMILES string of the molecule is C=CCOP(OCCNC(=O)NCCO)OC[C@@H](COCC[C@@H](CCCCCCC)OC(=O)CCCCCCCCCCC)NC(=O)OC(C)(C)C. The second kappa shape index (κ2) is 34.7. The Labute approximate surface area is 316 Å². The Morgan fingerprint density at radius 2 is 1.38 bits per heavy atom. The van der Waals surface area contributed by atoms with Crippen molar-refractivity contribution in [3.8, 4) is 0 Å². The lowest BCUT2D eigenvalue weighted by atomic mass is 10.1. The zero-order valence-corrected chi connectivity index (χ0v) is 34.1. The number of urea groups is 1. The third kappa shape index (κ3) is 33.8. The van der Waals surface area contributed by atoms with Gasteiger partial charge in [-0.1, -0.05) is 97.0 Å². The molecule has 0 fully saturated rings. The number of aliphatic hydroxyl groups is 1. The van der Waals surface area contributed by atoms with E-state index in [1.54, 1.807) is 26.8 Å². The van der Waals surface area contributed by atoms with E-state index in [4.69, 9.17) is 32.9 Å². The highest BCUT2D eigenvalue weighted by molar-refractivity contribution is 7.41. The van der Waals surface area contributed by atoms with Gasteiger partial charge in [0.2, 0.25) is 0 Å². The summed E-state index contributed by atoms with van der Waals surface area (Å²) in [6, 6.07) is -1.03. The first-order valence-corrected chi connectivity index (χ1v) is 20.8. The quantitative estimate of drug-likeness (QED) is 0.0214. The van der Waals surface area contributed by atoms with E-state index in [1.165, 1.54) is 57.8 Å². The minimum atomic E-state index is -1.84. The summed E-state index contributed by atoms with van der Waals surface area (Å²) in [5.41, 5.74) is -0.696. The Morgan fingerprint density at radius 1 is 0.769 bits per heavy atom. The van der Waals surface area contributed by atoms with Crippen LogP contribution in [-0.4, -0.2) is 93.7 Å². The van der Waals surface area contributed by atoms with Gasteiger partial charge in [0.25, 0.3) is 0 Å². The van der Waals surface area contributed by atoms with E-state index in [-0.39, 0.29) is 58.2 Å². The number of aliphatic hydroxyl groups excluding tert-OH is 1. The number of hydrogen-bond donors (Lipinski definition) is 4. The molecular formula is C38H74N3O10P. The fourth-order valence-corrected chi connectivity index (χ4v) is 5.99. The number of nitrogens with one attached hydrogen (secondary N) is 3. The van der Waals surface area contributed by atoms with E-state index in [0.29, 0.717) is 19.4 Å². The summed E-state index contributed by atoms with van der Waals surface area (Å²) in [4.78, 5) is 37.1. The predicted molar refractivity (Wildman–Crippen MR) is 207 cm³/mol. The van der Waals surface area contributed by atoms with E-state index in [1.807, 2.05) is 0 Å². The molecule has 0 bridgehead atoms. The largest absolute Gasteiger partial charge is 0.462 e. The Kier molecular flexibility index (Phi) is 33.4. The van der Waals surface area contributed by atoms with Gasteiger partial charge in [-0.15, -0.1) is 6.58 Å². The number of esters is 1. The van der Waals surface area contributed by atoms with Crippen LogP contribution in [0.4, 0.5) is 9.59 Å². The summed E-state index contributed by atoms with van der Waals surface area (Å²) >= 11 is 0. The van der Waals surface area contributed by atoms with Gasteiger partial charge in [-0.05, 0) is 40.0 Å². The molecule has 0 spiro atoms. The molecule has 52 heavy (non-hydrogen) atoms. The average molecular weight is 764 g/mol. The lowest BCUT2D eigenvalue weighted by Crippen LogP contribution is -2.44. The molecule has 0 heterocycles. The van der Waals surface area contributed by atoms with E-state index >= 15 is 0 Å². The van der Waals surface area contributed by atoms with E-state index in [2.05, 4.69) is 36.4 Å². The third-order valence-electron chi connectivity index (χ3n) is 7.70. The molecule has 13 nitrogen and oxygen atoms in total. The number of hydrogen-bond acceptors (Lipinski definition) is 10. The van der Waals surface area contributed by atoms with Crippen molar-refractivity contribution >= 4 is 26.7 Å². The zero-order valence-electron chi connectivity index (χ0n) is 33.2. The number of unbranched alkanes of at least 4 members (excludes halogenated alkanes) is 12. The molecule has 0 aliphatic heterocycles. The minimum Gasteiger partial charge on any atom is -0.462 e. The van der Waals surface area contributed by atoms with Crippen molar-refractivity contribution in [2.45, 2.75) is 162 Å². The Morgan fingerprint density at radius 3 is 2.00 bits per heavy atom. The zero-order chi connectivity index (χ0) is 38.7. The van der Waals surface area contributed by atoms with Gasteiger partial charge in [-0.3, -0.25) is 4.79 Å². The van der Waals surface area contributed by atoms with Gasteiger partial charge >= 0.3 is 26.7 Å². The highest BCUT2D eigenvalue weighted by Gasteiger charge is 2.23. The topological polar surface area (TPSA) is 163 Å². The van der Waals surface area contributed by atoms with Crippen LogP contribution in [0, 0.1) is 0 Å². The number of carbonyl (C=O) groups excluding carboxylic acids is 3. The number of ether oxygens (including phenoxy) is 3. The van der Waals surface area contributed by atoms with Crippen molar-refractivity contribution in [3.05, 3.63) is 12.7 Å². The summed E-state index contributed by atoms with van der Waals surface area (Å²) in [7, 11) is -1.84. The molecular weight excluding hydrogens is 689 g/mol. The van der Waals surface area contributed by atoms with Crippen molar-refractivity contribution in [3.63, 3.8) is 0 Å². The molecule has 3 amide bonds. The molecule has 0 rings (SSSR count). The van der Waals surface area contributed by atoms with Crippen LogP contribution in [0.5, 0.6) is 0 Å². The molecule has 0 aliphatic rings. The van der Waals surface area contributed by atoms with E-state index in [9.17, 15) is 14.4 Å². The third-order valence-corrected chi connectivity index (χ3v) is 8.81. The lowest BCUT2D eigenvalue weighted by molar-refractivity contribution is -0.150. The van der Waals surface area contributed by atoms with Crippen molar-refractivity contribution in [2.24, 2.45) is 0 Å². The van der Waals surface area contributed by atoms with Gasteiger partial charge in [0.1, 0.15) is 11.7 Å². The molecule has 0 saturated heterocycles. The molecule has 0 aliphatic carbocycles. The first-order chi connectivity index (χ1) is 25.0. The van der Waals surface area contributed by atoms with Crippen LogP contribution < -0.4 is 16.0 Å². The van der Waals surface area contributed by atoms with Gasteiger partial charge in [0, 0.05) is 25.9 Å². The summed E-state index contributed by atoms with van der Waals surface area (Å²) in [5.74, 6) is -0.145. The van der Waals surface area contributed by atoms with Crippen LogP contribution in [-0.2, 0) is 32.6 Å². The number of amides is 3. The van der Waals surface area contributed by atoms with Crippen LogP contribution in [0.2, 0.25) is 0 Å². The highest BCUT2D eigenvalue weighted by Crippen LogP contribution is 2.39. The smallest absolute Gasteiger partial charge is 0.408 e. The fraction of sp³-hybridized carbons (Fsp3) is 0.868. The molecule has 0 saturated carbocycles. The molecule has 0 aromatic heterocycles. The summed E-state index contributed by atoms with van der Waals surface area (Å²) in [6.07, 6.45) is 18.9. The normalized spacial score (nSPS) is 13.2. The number of rotatable bonds is 35. The van der Waals surface area contributed by atoms with Crippen LogP contribution in [0.15, 0.2) is 12.7 Å². The van der Waals surface area contributed by atoms with Crippen molar-refractivity contribution in [2.75, 3.05) is 52.7 Å². The average Bonchev–Trinajstić information content (AvgIpc) is 3.09. The first kappa shape index (κ1) is 50.0. The number of alkyl carbamates (subject to hydrolysis) is 1. The predicted octanol–water partition coefficient (Wildman–Crippen LogP) is 8.23. The number of carbonyl (C=O) groups is 3. The lowest BCUT2D eigenvalue weighted by Gasteiger charge is -2.25. The van der Waals surface area contributed by atoms with Gasteiger partial charge in [-0.2, -0.15) is 0 Å². The first-order valence-electron chi connectivity index (χ1n) is 19.7. The molecule has 4 N–H and O–H groups in total. The Balaban J connectivity index is 5.07. The Hall–Kier alpha value is -2.02. The van der Waals surface area contributed by atoms with Crippen LogP contribution in [0.1, 0.15) is 144 Å². The van der Waals surface area contributed by atoms with Crippen molar-refractivity contribution in [1.29, 1.82) is 0 Å². The maximum atomic E-state index is 12.8. The summed E-state index contributed by atoms with van der Waals surface area (Å²) in [5, 5.41) is 16.7. The van der Waals surface area contributed by atoms with Crippen molar-refractivity contribution in [1.82, 2.24) is 16.0 Å². The van der Waals surface area contributed by atoms with Crippen LogP contribution in [0.25, 0.3) is 0 Å². The van der Waals surface area contributed by atoms with E-state index in [0.717, 1.165) is 38.5 Å². The monoisotopic (exact) mass is 764 g/mol. The molecule has 14 heteroatoms. The molecule has 306 valence electrons. The molecule has 0 aromatic rings. The van der Waals surface area contributed by atoms with Crippen LogP contribution >= 0.6 is 8.60 Å².